The lowest BCUT2D eigenvalue weighted by Gasteiger charge is -2.10. The summed E-state index contributed by atoms with van der Waals surface area (Å²) < 4.78 is 29.1. The van der Waals surface area contributed by atoms with Crippen LogP contribution in [0.3, 0.4) is 0 Å². The number of nitrogens with zero attached hydrogens (tertiary/aromatic N) is 2. The zero-order chi connectivity index (χ0) is 15.8. The molecule has 0 aliphatic carbocycles. The van der Waals surface area contributed by atoms with Crippen molar-refractivity contribution in [3.05, 3.63) is 41.2 Å². The van der Waals surface area contributed by atoms with Crippen LogP contribution < -0.4 is 9.88 Å². The first-order valence-electron chi connectivity index (χ1n) is 6.03. The molecule has 1 aromatic carbocycles. The summed E-state index contributed by atoms with van der Waals surface area (Å²) in [5.74, 6) is -0.233. The third kappa shape index (κ3) is 2.96. The molecule has 0 saturated heterocycles. The molecule has 8 heteroatoms. The van der Waals surface area contributed by atoms with Crippen molar-refractivity contribution in [2.75, 3.05) is 7.11 Å². The summed E-state index contributed by atoms with van der Waals surface area (Å²) in [6.07, 6.45) is 0. The molecule has 1 heterocycles. The van der Waals surface area contributed by atoms with Crippen LogP contribution >= 0.6 is 0 Å². The van der Waals surface area contributed by atoms with Gasteiger partial charge in [0.25, 0.3) is 5.91 Å². The number of sulfonamides is 1. The van der Waals surface area contributed by atoms with Crippen molar-refractivity contribution < 1.29 is 17.9 Å². The average molecular weight is 309 g/mol. The van der Waals surface area contributed by atoms with Crippen molar-refractivity contribution in [3.63, 3.8) is 0 Å². The maximum absolute atomic E-state index is 12.5. The molecule has 7 nitrogen and oxygen atoms in total. The lowest BCUT2D eigenvalue weighted by atomic mass is 10.2. The molecular formula is C13H15N3O4S. The van der Waals surface area contributed by atoms with Gasteiger partial charge in [-0.2, -0.15) is 5.10 Å². The Morgan fingerprint density at radius 1 is 1.29 bits per heavy atom. The van der Waals surface area contributed by atoms with Gasteiger partial charge in [-0.1, -0.05) is 0 Å². The molecule has 0 fully saturated rings. The third-order valence-corrected chi connectivity index (χ3v) is 3.84. The largest absolute Gasteiger partial charge is 0.496 e. The second kappa shape index (κ2) is 5.30. The first-order valence-corrected chi connectivity index (χ1v) is 7.57. The Kier molecular flexibility index (Phi) is 3.84. The first-order chi connectivity index (χ1) is 9.74. The lowest BCUT2D eigenvalue weighted by molar-refractivity contribution is 0.0939. The monoisotopic (exact) mass is 309 g/mol. The van der Waals surface area contributed by atoms with Crippen molar-refractivity contribution in [2.45, 2.75) is 18.7 Å². The number of carbonyl (C=O) groups is 1. The number of carbonyl (C=O) groups excluding carboxylic acids is 1. The second-order valence-electron chi connectivity index (χ2n) is 4.55. The van der Waals surface area contributed by atoms with E-state index in [-0.39, 0.29) is 16.2 Å². The van der Waals surface area contributed by atoms with Crippen LogP contribution in [-0.4, -0.2) is 31.2 Å². The molecule has 0 saturated carbocycles. The number of rotatable bonds is 3. The number of nitrogens with two attached hydrogens (primary N) is 1. The fraction of sp³-hybridized carbons (Fsp3) is 0.231. The lowest BCUT2D eigenvalue weighted by Crippen LogP contribution is -2.18. The number of aryl methyl sites for hydroxylation is 2. The molecule has 0 unspecified atom stereocenters. The van der Waals surface area contributed by atoms with Crippen molar-refractivity contribution in [1.29, 1.82) is 0 Å². The predicted molar refractivity (Wildman–Crippen MR) is 75.8 cm³/mol. The van der Waals surface area contributed by atoms with E-state index in [1.165, 1.54) is 30.0 Å². The van der Waals surface area contributed by atoms with E-state index in [1.807, 2.05) is 0 Å². The molecule has 21 heavy (non-hydrogen) atoms. The fourth-order valence-corrected chi connectivity index (χ4v) is 2.52. The number of ether oxygens (including phenoxy) is 1. The van der Waals surface area contributed by atoms with E-state index in [9.17, 15) is 13.2 Å². The SMILES string of the molecule is COc1ccc(S(N)(=O)=O)cc1C(=O)n1nc(C)cc1C. The van der Waals surface area contributed by atoms with Crippen molar-refractivity contribution in [1.82, 2.24) is 9.78 Å². The van der Waals surface area contributed by atoms with Gasteiger partial charge in [-0.3, -0.25) is 4.79 Å². The van der Waals surface area contributed by atoms with Crippen LogP contribution in [0.4, 0.5) is 0 Å². The molecule has 0 amide bonds. The van der Waals surface area contributed by atoms with Crippen LogP contribution in [-0.2, 0) is 10.0 Å². The van der Waals surface area contributed by atoms with Gasteiger partial charge in [0, 0.05) is 5.69 Å². The highest BCUT2D eigenvalue weighted by molar-refractivity contribution is 7.89. The van der Waals surface area contributed by atoms with Crippen LogP contribution in [0, 0.1) is 13.8 Å². The minimum absolute atomic E-state index is 0.0789. The van der Waals surface area contributed by atoms with Crippen LogP contribution in [0.5, 0.6) is 5.75 Å². The summed E-state index contributed by atoms with van der Waals surface area (Å²) >= 11 is 0. The van der Waals surface area contributed by atoms with Crippen LogP contribution in [0.2, 0.25) is 0 Å². The van der Waals surface area contributed by atoms with E-state index in [4.69, 9.17) is 9.88 Å². The van der Waals surface area contributed by atoms with E-state index in [0.29, 0.717) is 11.4 Å². The summed E-state index contributed by atoms with van der Waals surface area (Å²) in [5.41, 5.74) is 1.40. The Balaban J connectivity index is 2.61. The highest BCUT2D eigenvalue weighted by Gasteiger charge is 2.20. The number of hydrogen-bond donors (Lipinski definition) is 1. The molecule has 0 bridgehead atoms. The molecule has 2 aromatic rings. The van der Waals surface area contributed by atoms with Gasteiger partial charge in [0.2, 0.25) is 10.0 Å². The zero-order valence-corrected chi connectivity index (χ0v) is 12.6. The average Bonchev–Trinajstić information content (AvgIpc) is 2.75. The number of aromatic nitrogens is 2. The fourth-order valence-electron chi connectivity index (χ4n) is 1.98. The molecule has 2 N–H and O–H groups in total. The standard InChI is InChI=1S/C13H15N3O4S/c1-8-6-9(2)16(15-8)13(17)11-7-10(21(14,18)19)4-5-12(11)20-3/h4-7H,1-3H3,(H2,14,18,19). The number of methoxy groups -OCH3 is 1. The summed E-state index contributed by atoms with van der Waals surface area (Å²) in [5, 5.41) is 9.17. The predicted octanol–water partition coefficient (Wildman–Crippen LogP) is 0.844. The van der Waals surface area contributed by atoms with Crippen LogP contribution in [0.1, 0.15) is 21.7 Å². The van der Waals surface area contributed by atoms with Gasteiger partial charge >= 0.3 is 0 Å². The molecule has 0 spiro atoms. The molecular weight excluding hydrogens is 294 g/mol. The van der Waals surface area contributed by atoms with Crippen LogP contribution in [0.15, 0.2) is 29.2 Å². The van der Waals surface area contributed by atoms with Gasteiger partial charge in [0.15, 0.2) is 0 Å². The van der Waals surface area contributed by atoms with Crippen molar-refractivity contribution in [2.24, 2.45) is 5.14 Å². The maximum atomic E-state index is 12.5. The topological polar surface area (TPSA) is 104 Å². The molecule has 0 aliphatic heterocycles. The van der Waals surface area contributed by atoms with Gasteiger partial charge in [0.05, 0.1) is 23.3 Å². The number of benzene rings is 1. The summed E-state index contributed by atoms with van der Waals surface area (Å²) in [6.45, 7) is 3.49. The second-order valence-corrected chi connectivity index (χ2v) is 6.11. The third-order valence-electron chi connectivity index (χ3n) is 2.93. The minimum atomic E-state index is -3.91. The number of primary sulfonamides is 1. The van der Waals surface area contributed by atoms with Crippen molar-refractivity contribution in [3.8, 4) is 5.75 Å². The quantitative estimate of drug-likeness (QED) is 0.905. The molecule has 0 radical (unpaired) electrons. The maximum Gasteiger partial charge on any atom is 0.282 e. The van der Waals surface area contributed by atoms with Crippen molar-refractivity contribution >= 4 is 15.9 Å². The van der Waals surface area contributed by atoms with E-state index in [1.54, 1.807) is 19.9 Å². The first kappa shape index (κ1) is 15.2. The van der Waals surface area contributed by atoms with Gasteiger partial charge in [0.1, 0.15) is 5.75 Å². The summed E-state index contributed by atoms with van der Waals surface area (Å²) in [4.78, 5) is 12.4. The zero-order valence-electron chi connectivity index (χ0n) is 11.8. The highest BCUT2D eigenvalue weighted by atomic mass is 32.2. The van der Waals surface area contributed by atoms with E-state index < -0.39 is 15.9 Å². The van der Waals surface area contributed by atoms with Gasteiger partial charge in [-0.15, -0.1) is 0 Å². The van der Waals surface area contributed by atoms with Gasteiger partial charge < -0.3 is 4.74 Å². The number of hydrogen-bond acceptors (Lipinski definition) is 5. The molecule has 2 rings (SSSR count). The highest BCUT2D eigenvalue weighted by Crippen LogP contribution is 2.23. The Morgan fingerprint density at radius 2 is 1.95 bits per heavy atom. The molecule has 0 atom stereocenters. The Labute approximate surface area is 122 Å². The summed E-state index contributed by atoms with van der Waals surface area (Å²) in [6, 6.07) is 5.60. The van der Waals surface area contributed by atoms with E-state index >= 15 is 0 Å². The van der Waals surface area contributed by atoms with Gasteiger partial charge in [-0.05, 0) is 38.1 Å². The Bertz CT molecular complexity index is 809. The Hall–Kier alpha value is -2.19. The normalized spacial score (nSPS) is 11.4. The van der Waals surface area contributed by atoms with Crippen LogP contribution in [0.25, 0.3) is 0 Å². The molecule has 1 aromatic heterocycles. The molecule has 0 aliphatic rings. The Morgan fingerprint density at radius 3 is 2.43 bits per heavy atom. The summed E-state index contributed by atoms with van der Waals surface area (Å²) in [7, 11) is -2.52. The van der Waals surface area contributed by atoms with Gasteiger partial charge in [-0.25, -0.2) is 18.2 Å². The smallest absolute Gasteiger partial charge is 0.282 e. The van der Waals surface area contributed by atoms with E-state index in [2.05, 4.69) is 5.10 Å². The molecule has 112 valence electrons. The minimum Gasteiger partial charge on any atom is -0.496 e. The van der Waals surface area contributed by atoms with E-state index in [0.717, 1.165) is 0 Å².